The number of ether oxygens (including phenoxy) is 2. The van der Waals surface area contributed by atoms with Crippen molar-refractivity contribution in [1.82, 2.24) is 14.9 Å². The maximum absolute atomic E-state index is 6.00. The number of fused-ring (bicyclic) bond motifs is 1. The van der Waals surface area contributed by atoms with E-state index in [1.807, 2.05) is 29.8 Å². The van der Waals surface area contributed by atoms with Crippen LogP contribution < -0.4 is 4.74 Å². The fourth-order valence-electron chi connectivity index (χ4n) is 3.60. The smallest absolute Gasteiger partial charge is 0.213 e. The van der Waals surface area contributed by atoms with Crippen LogP contribution in [-0.4, -0.2) is 46.8 Å². The average molecular weight is 331 g/mol. The number of hydrogen-bond donors (Lipinski definition) is 0. The van der Waals surface area contributed by atoms with Crippen molar-refractivity contribution >= 4 is 11.3 Å². The van der Waals surface area contributed by atoms with Crippen molar-refractivity contribution in [2.45, 2.75) is 31.5 Å². The average Bonchev–Trinajstić information content (AvgIpc) is 3.23. The van der Waals surface area contributed by atoms with Crippen molar-refractivity contribution in [2.24, 2.45) is 5.92 Å². The second-order valence-corrected chi connectivity index (χ2v) is 7.17. The van der Waals surface area contributed by atoms with E-state index in [0.29, 0.717) is 23.9 Å². The van der Waals surface area contributed by atoms with E-state index in [0.717, 1.165) is 39.1 Å². The largest absolute Gasteiger partial charge is 0.477 e. The van der Waals surface area contributed by atoms with E-state index < -0.39 is 0 Å². The lowest BCUT2D eigenvalue weighted by atomic mass is 10.1. The standard InChI is InChI=1S/C17H21N3O2S/c1-2-4-18-16(3-1)22-12-13-9-14-15(10-13)21-7-6-20(14)11-17-19-5-8-23-17/h1-5,8,13-15H,6-7,9-12H2/t13-,14-,15+/m0/s1. The van der Waals surface area contributed by atoms with Crippen LogP contribution in [-0.2, 0) is 11.3 Å². The van der Waals surface area contributed by atoms with Crippen LogP contribution in [0.1, 0.15) is 17.8 Å². The number of aromatic nitrogens is 2. The molecule has 4 rings (SSSR count). The number of nitrogens with zero attached hydrogens (tertiary/aromatic N) is 3. The van der Waals surface area contributed by atoms with Crippen molar-refractivity contribution in [2.75, 3.05) is 19.8 Å². The van der Waals surface area contributed by atoms with Crippen LogP contribution in [0.2, 0.25) is 0 Å². The number of rotatable bonds is 5. The molecule has 2 aliphatic rings. The first kappa shape index (κ1) is 15.1. The fraction of sp³-hybridized carbons (Fsp3) is 0.529. The van der Waals surface area contributed by atoms with Gasteiger partial charge in [0.1, 0.15) is 5.01 Å². The highest BCUT2D eigenvalue weighted by Gasteiger charge is 2.41. The molecule has 0 bridgehead atoms. The highest BCUT2D eigenvalue weighted by atomic mass is 32.1. The van der Waals surface area contributed by atoms with Crippen LogP contribution in [0.15, 0.2) is 36.0 Å². The molecule has 0 radical (unpaired) electrons. The van der Waals surface area contributed by atoms with Crippen molar-refractivity contribution in [3.63, 3.8) is 0 Å². The number of pyridine rings is 1. The normalized spacial score (nSPS) is 27.7. The van der Waals surface area contributed by atoms with Gasteiger partial charge in [0.2, 0.25) is 5.88 Å². The Kier molecular flexibility index (Phi) is 4.55. The molecule has 2 aromatic heterocycles. The molecule has 0 N–H and O–H groups in total. The summed E-state index contributed by atoms with van der Waals surface area (Å²) in [6, 6.07) is 6.26. The summed E-state index contributed by atoms with van der Waals surface area (Å²) < 4.78 is 11.8. The summed E-state index contributed by atoms with van der Waals surface area (Å²) in [7, 11) is 0. The molecule has 1 aliphatic heterocycles. The molecule has 0 unspecified atom stereocenters. The quantitative estimate of drug-likeness (QED) is 0.843. The van der Waals surface area contributed by atoms with E-state index in [1.54, 1.807) is 17.5 Å². The van der Waals surface area contributed by atoms with Crippen LogP contribution in [0, 0.1) is 5.92 Å². The Morgan fingerprint density at radius 1 is 1.26 bits per heavy atom. The molecule has 5 nitrogen and oxygen atoms in total. The summed E-state index contributed by atoms with van der Waals surface area (Å²) in [5.74, 6) is 1.24. The van der Waals surface area contributed by atoms with E-state index in [2.05, 4.69) is 14.9 Å². The van der Waals surface area contributed by atoms with Gasteiger partial charge < -0.3 is 9.47 Å². The monoisotopic (exact) mass is 331 g/mol. The molecular formula is C17H21N3O2S. The van der Waals surface area contributed by atoms with Gasteiger partial charge in [0.15, 0.2) is 0 Å². The predicted octanol–water partition coefficient (Wildman–Crippen LogP) is 2.60. The zero-order chi connectivity index (χ0) is 15.5. The molecule has 1 aliphatic carbocycles. The van der Waals surface area contributed by atoms with Gasteiger partial charge in [0.05, 0.1) is 25.9 Å². The summed E-state index contributed by atoms with van der Waals surface area (Å²) in [6.45, 7) is 3.48. The highest BCUT2D eigenvalue weighted by Crippen LogP contribution is 2.35. The Morgan fingerprint density at radius 3 is 3.09 bits per heavy atom. The van der Waals surface area contributed by atoms with Gasteiger partial charge >= 0.3 is 0 Å². The van der Waals surface area contributed by atoms with E-state index in [-0.39, 0.29) is 0 Å². The Hall–Kier alpha value is -1.50. The fourth-order valence-corrected chi connectivity index (χ4v) is 4.24. The minimum Gasteiger partial charge on any atom is -0.477 e. The van der Waals surface area contributed by atoms with Gasteiger partial charge in [0, 0.05) is 36.4 Å². The van der Waals surface area contributed by atoms with Gasteiger partial charge in [-0.25, -0.2) is 9.97 Å². The van der Waals surface area contributed by atoms with E-state index in [9.17, 15) is 0 Å². The lowest BCUT2D eigenvalue weighted by Crippen LogP contribution is -2.47. The third-order valence-corrected chi connectivity index (χ3v) is 5.44. The van der Waals surface area contributed by atoms with Crippen LogP contribution in [0.3, 0.4) is 0 Å². The van der Waals surface area contributed by atoms with Gasteiger partial charge in [0.25, 0.3) is 0 Å². The first-order chi connectivity index (χ1) is 11.4. The van der Waals surface area contributed by atoms with Crippen molar-refractivity contribution in [3.05, 3.63) is 41.0 Å². The number of hydrogen-bond acceptors (Lipinski definition) is 6. The van der Waals surface area contributed by atoms with Gasteiger partial charge in [-0.1, -0.05) is 6.07 Å². The van der Waals surface area contributed by atoms with Crippen molar-refractivity contribution in [1.29, 1.82) is 0 Å². The Balaban J connectivity index is 1.35. The Bertz CT molecular complexity index is 608. The predicted molar refractivity (Wildman–Crippen MR) is 88.5 cm³/mol. The van der Waals surface area contributed by atoms with Gasteiger partial charge in [-0.15, -0.1) is 11.3 Å². The first-order valence-electron chi connectivity index (χ1n) is 8.16. The molecule has 2 aromatic rings. The Labute approximate surface area is 140 Å². The zero-order valence-electron chi connectivity index (χ0n) is 13.0. The maximum Gasteiger partial charge on any atom is 0.213 e. The second kappa shape index (κ2) is 6.95. The second-order valence-electron chi connectivity index (χ2n) is 6.19. The molecule has 2 fully saturated rings. The summed E-state index contributed by atoms with van der Waals surface area (Å²) in [5.41, 5.74) is 0. The third kappa shape index (κ3) is 3.54. The summed E-state index contributed by atoms with van der Waals surface area (Å²) in [4.78, 5) is 11.2. The highest BCUT2D eigenvalue weighted by molar-refractivity contribution is 7.09. The lowest BCUT2D eigenvalue weighted by Gasteiger charge is -2.37. The van der Waals surface area contributed by atoms with Crippen LogP contribution in [0.5, 0.6) is 5.88 Å². The van der Waals surface area contributed by atoms with Crippen LogP contribution in [0.25, 0.3) is 0 Å². The molecule has 6 heteroatoms. The summed E-state index contributed by atoms with van der Waals surface area (Å²) >= 11 is 1.73. The van der Waals surface area contributed by atoms with E-state index in [4.69, 9.17) is 9.47 Å². The van der Waals surface area contributed by atoms with Gasteiger partial charge in [-0.2, -0.15) is 0 Å². The molecule has 3 heterocycles. The number of morpholine rings is 1. The molecule has 0 aromatic carbocycles. The molecule has 0 spiro atoms. The van der Waals surface area contributed by atoms with Crippen molar-refractivity contribution < 1.29 is 9.47 Å². The topological polar surface area (TPSA) is 47.5 Å². The molecule has 122 valence electrons. The minimum absolute atomic E-state index is 0.334. The minimum atomic E-state index is 0.334. The zero-order valence-corrected chi connectivity index (χ0v) is 13.8. The third-order valence-electron chi connectivity index (χ3n) is 4.68. The molecule has 3 atom stereocenters. The van der Waals surface area contributed by atoms with Crippen LogP contribution in [0.4, 0.5) is 0 Å². The number of thiazole rings is 1. The Morgan fingerprint density at radius 2 is 2.26 bits per heavy atom. The van der Waals surface area contributed by atoms with Crippen LogP contribution >= 0.6 is 11.3 Å². The van der Waals surface area contributed by atoms with Gasteiger partial charge in [-0.3, -0.25) is 4.90 Å². The summed E-state index contributed by atoms with van der Waals surface area (Å²) in [6.07, 6.45) is 6.19. The van der Waals surface area contributed by atoms with E-state index in [1.165, 1.54) is 5.01 Å². The SMILES string of the molecule is c1ccc(OC[C@@H]2C[C@H]3OCCN(Cc4nccs4)[C@H]3C2)nc1. The molecular weight excluding hydrogens is 310 g/mol. The lowest BCUT2D eigenvalue weighted by molar-refractivity contribution is -0.0590. The molecule has 1 saturated heterocycles. The van der Waals surface area contributed by atoms with E-state index >= 15 is 0 Å². The maximum atomic E-state index is 6.00. The molecule has 0 amide bonds. The first-order valence-corrected chi connectivity index (χ1v) is 9.04. The van der Waals surface area contributed by atoms with Gasteiger partial charge in [-0.05, 0) is 24.8 Å². The summed E-state index contributed by atoms with van der Waals surface area (Å²) in [5, 5.41) is 3.24. The molecule has 1 saturated carbocycles. The van der Waals surface area contributed by atoms with Crippen molar-refractivity contribution in [3.8, 4) is 5.88 Å². The molecule has 23 heavy (non-hydrogen) atoms.